The Kier molecular flexibility index (Phi) is 3.78. The number of carbonyl (C=O) groups is 1. The van der Waals surface area contributed by atoms with Crippen LogP contribution in [0.3, 0.4) is 0 Å². The van der Waals surface area contributed by atoms with Gasteiger partial charge in [-0.2, -0.15) is 5.10 Å². The molecule has 2 aromatic carbocycles. The fraction of sp³-hybridized carbons (Fsp3) is 0.105. The number of amides is 1. The summed E-state index contributed by atoms with van der Waals surface area (Å²) in [6, 6.07) is 16.7. The van der Waals surface area contributed by atoms with E-state index < -0.39 is 0 Å². The maximum Gasteiger partial charge on any atom is 0.251 e. The number of aromatic nitrogens is 3. The van der Waals surface area contributed by atoms with Crippen LogP contribution in [0.1, 0.15) is 29.1 Å². The van der Waals surface area contributed by atoms with Crippen LogP contribution in [0.15, 0.2) is 71.7 Å². The molecule has 4 rings (SSSR count). The van der Waals surface area contributed by atoms with Crippen molar-refractivity contribution in [2.45, 2.75) is 13.0 Å². The Hall–Kier alpha value is -3.41. The van der Waals surface area contributed by atoms with Crippen LogP contribution in [0.2, 0.25) is 0 Å². The van der Waals surface area contributed by atoms with Crippen molar-refractivity contribution in [1.29, 1.82) is 0 Å². The minimum atomic E-state index is -0.227. The second-order valence-electron chi connectivity index (χ2n) is 5.77. The van der Waals surface area contributed by atoms with E-state index >= 15 is 0 Å². The van der Waals surface area contributed by atoms with Crippen molar-refractivity contribution in [2.75, 3.05) is 0 Å². The highest BCUT2D eigenvalue weighted by Crippen LogP contribution is 2.23. The van der Waals surface area contributed by atoms with Crippen LogP contribution in [0.5, 0.6) is 0 Å². The average molecular weight is 332 g/mol. The Balaban J connectivity index is 1.49. The summed E-state index contributed by atoms with van der Waals surface area (Å²) < 4.78 is 7.44. The van der Waals surface area contributed by atoms with E-state index in [1.807, 2.05) is 49.4 Å². The van der Waals surface area contributed by atoms with Crippen LogP contribution in [0.4, 0.5) is 0 Å². The molecule has 0 saturated carbocycles. The van der Waals surface area contributed by atoms with Crippen molar-refractivity contribution in [2.24, 2.45) is 0 Å². The lowest BCUT2D eigenvalue weighted by Crippen LogP contribution is -2.26. The highest BCUT2D eigenvalue weighted by Gasteiger charge is 2.15. The molecule has 6 heteroatoms. The topological polar surface area (TPSA) is 73.0 Å². The predicted octanol–water partition coefficient (Wildman–Crippen LogP) is 3.50. The molecule has 0 unspecified atom stereocenters. The Bertz CT molecular complexity index is 971. The van der Waals surface area contributed by atoms with Gasteiger partial charge in [0.15, 0.2) is 0 Å². The number of furan rings is 1. The molecule has 2 aromatic heterocycles. The van der Waals surface area contributed by atoms with Gasteiger partial charge in [0, 0.05) is 10.9 Å². The molecule has 4 aromatic rings. The van der Waals surface area contributed by atoms with E-state index in [0.29, 0.717) is 5.56 Å². The normalized spacial score (nSPS) is 12.2. The largest absolute Gasteiger partial charge is 0.459 e. The summed E-state index contributed by atoms with van der Waals surface area (Å²) in [6.07, 6.45) is 3.08. The van der Waals surface area contributed by atoms with Crippen LogP contribution in [0.25, 0.3) is 16.7 Å². The quantitative estimate of drug-likeness (QED) is 0.621. The van der Waals surface area contributed by atoms with Gasteiger partial charge in [-0.3, -0.25) is 4.79 Å². The summed E-state index contributed by atoms with van der Waals surface area (Å²) in [6.45, 7) is 1.90. The van der Waals surface area contributed by atoms with Crippen molar-refractivity contribution in [3.05, 3.63) is 78.6 Å². The first-order chi connectivity index (χ1) is 12.2. The molecule has 0 fully saturated rings. The molecule has 0 bridgehead atoms. The zero-order chi connectivity index (χ0) is 17.2. The van der Waals surface area contributed by atoms with Gasteiger partial charge in [0.2, 0.25) is 0 Å². The van der Waals surface area contributed by atoms with Gasteiger partial charge in [0.05, 0.1) is 11.7 Å². The van der Waals surface area contributed by atoms with Crippen LogP contribution in [-0.2, 0) is 0 Å². The van der Waals surface area contributed by atoms with Gasteiger partial charge >= 0.3 is 0 Å². The first kappa shape index (κ1) is 15.1. The van der Waals surface area contributed by atoms with Gasteiger partial charge < -0.3 is 9.73 Å². The van der Waals surface area contributed by atoms with Gasteiger partial charge in [-0.25, -0.2) is 9.67 Å². The molecule has 124 valence electrons. The third kappa shape index (κ3) is 3.01. The molecule has 0 aliphatic rings. The lowest BCUT2D eigenvalue weighted by atomic mass is 10.1. The number of nitrogens with zero attached hydrogens (tertiary/aromatic N) is 3. The summed E-state index contributed by atoms with van der Waals surface area (Å²) in [7, 11) is 0. The Labute approximate surface area is 144 Å². The summed E-state index contributed by atoms with van der Waals surface area (Å²) in [4.78, 5) is 16.4. The summed E-state index contributed by atoms with van der Waals surface area (Å²) >= 11 is 0. The number of fused-ring (bicyclic) bond motifs is 1. The van der Waals surface area contributed by atoms with Gasteiger partial charge in [-0.05, 0) is 43.3 Å². The molecule has 0 radical (unpaired) electrons. The maximum absolute atomic E-state index is 12.5. The lowest BCUT2D eigenvalue weighted by molar-refractivity contribution is 0.0935. The molecule has 1 amide bonds. The molecular weight excluding hydrogens is 316 g/mol. The standard InChI is InChI=1S/C19H16N4O2/c1-13(18-10-15-4-2-3-5-17(15)25-18)22-19(24)14-6-8-16(9-7-14)23-12-20-11-21-23/h2-13H,1H3,(H,22,24)/t13-/m0/s1. The zero-order valence-corrected chi connectivity index (χ0v) is 13.6. The van der Waals surface area contributed by atoms with E-state index in [4.69, 9.17) is 4.42 Å². The van der Waals surface area contributed by atoms with E-state index in [1.165, 1.54) is 6.33 Å². The summed E-state index contributed by atoms with van der Waals surface area (Å²) in [5.41, 5.74) is 2.24. The first-order valence-electron chi connectivity index (χ1n) is 7.95. The molecule has 6 nitrogen and oxygen atoms in total. The molecule has 0 spiro atoms. The van der Waals surface area contributed by atoms with Crippen molar-refractivity contribution in [1.82, 2.24) is 20.1 Å². The van der Waals surface area contributed by atoms with Crippen LogP contribution >= 0.6 is 0 Å². The van der Waals surface area contributed by atoms with Crippen LogP contribution < -0.4 is 5.32 Å². The van der Waals surface area contributed by atoms with Crippen molar-refractivity contribution in [3.63, 3.8) is 0 Å². The van der Waals surface area contributed by atoms with Crippen molar-refractivity contribution >= 4 is 16.9 Å². The molecule has 1 N–H and O–H groups in total. The van der Waals surface area contributed by atoms with E-state index in [-0.39, 0.29) is 11.9 Å². The van der Waals surface area contributed by atoms with Crippen molar-refractivity contribution in [3.8, 4) is 5.69 Å². The Morgan fingerprint density at radius 3 is 2.68 bits per heavy atom. The molecule has 0 aliphatic carbocycles. The van der Waals surface area contributed by atoms with E-state index in [9.17, 15) is 4.79 Å². The number of rotatable bonds is 4. The van der Waals surface area contributed by atoms with Gasteiger partial charge in [0.1, 0.15) is 24.0 Å². The highest BCUT2D eigenvalue weighted by molar-refractivity contribution is 5.94. The fourth-order valence-corrected chi connectivity index (χ4v) is 2.67. The molecule has 1 atom stereocenters. The zero-order valence-electron chi connectivity index (χ0n) is 13.6. The number of benzene rings is 2. The lowest BCUT2D eigenvalue weighted by Gasteiger charge is -2.11. The maximum atomic E-state index is 12.5. The molecule has 0 aliphatic heterocycles. The Morgan fingerprint density at radius 1 is 1.16 bits per heavy atom. The molecule has 25 heavy (non-hydrogen) atoms. The highest BCUT2D eigenvalue weighted by atomic mass is 16.3. The first-order valence-corrected chi connectivity index (χ1v) is 7.95. The van der Waals surface area contributed by atoms with E-state index in [1.54, 1.807) is 23.1 Å². The molecule has 2 heterocycles. The van der Waals surface area contributed by atoms with Gasteiger partial charge in [0.25, 0.3) is 5.91 Å². The number of hydrogen-bond acceptors (Lipinski definition) is 4. The van der Waals surface area contributed by atoms with Gasteiger partial charge in [-0.1, -0.05) is 18.2 Å². The fourth-order valence-electron chi connectivity index (χ4n) is 2.67. The minimum absolute atomic E-state index is 0.155. The predicted molar refractivity (Wildman–Crippen MR) is 93.5 cm³/mol. The molecular formula is C19H16N4O2. The SMILES string of the molecule is C[C@H](NC(=O)c1ccc(-n2cncn2)cc1)c1cc2ccccc2o1. The van der Waals surface area contributed by atoms with Crippen molar-refractivity contribution < 1.29 is 9.21 Å². The van der Waals surface area contributed by atoms with Crippen LogP contribution in [-0.4, -0.2) is 20.7 Å². The number of para-hydroxylation sites is 1. The molecule has 0 saturated heterocycles. The second-order valence-corrected chi connectivity index (χ2v) is 5.77. The number of hydrogen-bond donors (Lipinski definition) is 1. The summed E-state index contributed by atoms with van der Waals surface area (Å²) in [5, 5.41) is 8.05. The van der Waals surface area contributed by atoms with Crippen LogP contribution in [0, 0.1) is 0 Å². The van der Waals surface area contributed by atoms with E-state index in [2.05, 4.69) is 15.4 Å². The smallest absolute Gasteiger partial charge is 0.251 e. The number of carbonyl (C=O) groups excluding carboxylic acids is 1. The Morgan fingerprint density at radius 2 is 1.96 bits per heavy atom. The summed E-state index contributed by atoms with van der Waals surface area (Å²) in [5.74, 6) is 0.576. The monoisotopic (exact) mass is 332 g/mol. The second kappa shape index (κ2) is 6.24. The van der Waals surface area contributed by atoms with Gasteiger partial charge in [-0.15, -0.1) is 0 Å². The average Bonchev–Trinajstić information content (AvgIpc) is 3.31. The van der Waals surface area contributed by atoms with E-state index in [0.717, 1.165) is 22.4 Å². The number of nitrogens with one attached hydrogen (secondary N) is 1. The third-order valence-electron chi connectivity index (χ3n) is 4.03. The third-order valence-corrected chi connectivity index (χ3v) is 4.03. The minimum Gasteiger partial charge on any atom is -0.459 e.